The molecule has 0 unspecified atom stereocenters. The Kier molecular flexibility index (Phi) is 6.25. The fourth-order valence-electron chi connectivity index (χ4n) is 1.12. The maximum atomic E-state index is 13.2. The van der Waals surface area contributed by atoms with Gasteiger partial charge in [-0.1, -0.05) is 0 Å². The van der Waals surface area contributed by atoms with E-state index in [2.05, 4.69) is 15.9 Å². The Labute approximate surface area is 108 Å². The minimum absolute atomic E-state index is 0.314. The smallest absolute Gasteiger partial charge is 0.145 e. The number of nitrogen functional groups attached to an aromatic ring is 1. The lowest BCUT2D eigenvalue weighted by Gasteiger charge is -2.10. The van der Waals surface area contributed by atoms with Gasteiger partial charge in [-0.25, -0.2) is 4.39 Å². The molecule has 2 N–H and O–H groups in total. The number of hydrogen-bond acceptors (Lipinski definition) is 4. The van der Waals surface area contributed by atoms with Gasteiger partial charge in [-0.3, -0.25) is 0 Å². The highest BCUT2D eigenvalue weighted by Gasteiger charge is 2.06. The number of anilines is 1. The summed E-state index contributed by atoms with van der Waals surface area (Å²) in [6, 6.07) is 2.71. The fraction of sp³-hybridized carbons (Fsp3) is 0.455. The van der Waals surface area contributed by atoms with Crippen LogP contribution in [-0.2, 0) is 9.47 Å². The van der Waals surface area contributed by atoms with Gasteiger partial charge >= 0.3 is 0 Å². The summed E-state index contributed by atoms with van der Waals surface area (Å²) in [4.78, 5) is 0. The number of ether oxygens (including phenoxy) is 3. The molecule has 0 aliphatic heterocycles. The molecule has 0 saturated heterocycles. The van der Waals surface area contributed by atoms with Gasteiger partial charge in [0.25, 0.3) is 0 Å². The summed E-state index contributed by atoms with van der Waals surface area (Å²) in [5.41, 5.74) is 6.05. The van der Waals surface area contributed by atoms with E-state index in [1.54, 1.807) is 7.11 Å². The Hall–Kier alpha value is -0.850. The van der Waals surface area contributed by atoms with Crippen LogP contribution in [0, 0.1) is 5.82 Å². The second-order valence-electron chi connectivity index (χ2n) is 3.26. The maximum Gasteiger partial charge on any atom is 0.145 e. The van der Waals surface area contributed by atoms with Crippen molar-refractivity contribution in [3.63, 3.8) is 0 Å². The topological polar surface area (TPSA) is 53.7 Å². The van der Waals surface area contributed by atoms with E-state index >= 15 is 0 Å². The third-order valence-corrected chi connectivity index (χ3v) is 2.58. The van der Waals surface area contributed by atoms with Gasteiger partial charge in [0, 0.05) is 13.2 Å². The van der Waals surface area contributed by atoms with Crippen molar-refractivity contribution in [2.75, 3.05) is 39.3 Å². The van der Waals surface area contributed by atoms with Crippen LogP contribution in [0.5, 0.6) is 5.75 Å². The maximum absolute atomic E-state index is 13.2. The van der Waals surface area contributed by atoms with Crippen LogP contribution in [0.4, 0.5) is 10.1 Å². The van der Waals surface area contributed by atoms with Crippen LogP contribution in [-0.4, -0.2) is 33.5 Å². The van der Waals surface area contributed by atoms with Crippen molar-refractivity contribution < 1.29 is 18.6 Å². The molecular formula is C11H15BrFNO3. The van der Waals surface area contributed by atoms with Crippen LogP contribution < -0.4 is 10.5 Å². The lowest BCUT2D eigenvalue weighted by atomic mass is 10.3. The van der Waals surface area contributed by atoms with Crippen molar-refractivity contribution in [1.29, 1.82) is 0 Å². The van der Waals surface area contributed by atoms with Gasteiger partial charge in [-0.2, -0.15) is 0 Å². The Morgan fingerprint density at radius 2 is 1.94 bits per heavy atom. The minimum atomic E-state index is -0.408. The van der Waals surface area contributed by atoms with Gasteiger partial charge in [0.1, 0.15) is 18.2 Å². The van der Waals surface area contributed by atoms with E-state index in [1.165, 1.54) is 12.1 Å². The molecule has 4 nitrogen and oxygen atoms in total. The Balaban J connectivity index is 2.34. The SMILES string of the molecule is COCCOCCOc1cc(F)c(Br)cc1N. The monoisotopic (exact) mass is 307 g/mol. The molecule has 1 aromatic rings. The van der Waals surface area contributed by atoms with E-state index in [9.17, 15) is 4.39 Å². The number of rotatable bonds is 7. The number of benzene rings is 1. The third kappa shape index (κ3) is 4.89. The molecule has 17 heavy (non-hydrogen) atoms. The van der Waals surface area contributed by atoms with Gasteiger partial charge in [0.2, 0.25) is 0 Å². The summed E-state index contributed by atoms with van der Waals surface area (Å²) in [7, 11) is 1.60. The predicted octanol–water partition coefficient (Wildman–Crippen LogP) is 2.21. The third-order valence-electron chi connectivity index (χ3n) is 1.97. The molecule has 0 aromatic heterocycles. The number of halogens is 2. The summed E-state index contributed by atoms with van der Waals surface area (Å²) in [6.45, 7) is 1.76. The summed E-state index contributed by atoms with van der Waals surface area (Å²) >= 11 is 3.04. The number of nitrogens with two attached hydrogens (primary N) is 1. The number of hydrogen-bond donors (Lipinski definition) is 1. The van der Waals surface area contributed by atoms with E-state index in [4.69, 9.17) is 19.9 Å². The van der Waals surface area contributed by atoms with Gasteiger partial charge in [-0.05, 0) is 22.0 Å². The van der Waals surface area contributed by atoms with E-state index in [1.807, 2.05) is 0 Å². The lowest BCUT2D eigenvalue weighted by Crippen LogP contribution is -2.10. The largest absolute Gasteiger partial charge is 0.489 e. The molecule has 0 aliphatic carbocycles. The Morgan fingerprint density at radius 3 is 2.65 bits per heavy atom. The summed E-state index contributed by atoms with van der Waals surface area (Å²) in [5, 5.41) is 0. The van der Waals surface area contributed by atoms with Crippen molar-refractivity contribution in [3.8, 4) is 5.75 Å². The molecule has 0 heterocycles. The van der Waals surface area contributed by atoms with Crippen LogP contribution in [0.2, 0.25) is 0 Å². The Morgan fingerprint density at radius 1 is 1.24 bits per heavy atom. The first-order chi connectivity index (χ1) is 8.15. The highest BCUT2D eigenvalue weighted by atomic mass is 79.9. The number of methoxy groups -OCH3 is 1. The van der Waals surface area contributed by atoms with E-state index in [-0.39, 0.29) is 0 Å². The zero-order valence-electron chi connectivity index (χ0n) is 9.54. The average molecular weight is 308 g/mol. The van der Waals surface area contributed by atoms with Crippen LogP contribution >= 0.6 is 15.9 Å². The van der Waals surface area contributed by atoms with E-state index < -0.39 is 5.82 Å². The van der Waals surface area contributed by atoms with E-state index in [0.717, 1.165) is 0 Å². The van der Waals surface area contributed by atoms with Gasteiger partial charge in [-0.15, -0.1) is 0 Å². The molecule has 96 valence electrons. The summed E-state index contributed by atoms with van der Waals surface area (Å²) < 4.78 is 28.8. The molecule has 0 saturated carbocycles. The van der Waals surface area contributed by atoms with Crippen molar-refractivity contribution >= 4 is 21.6 Å². The highest BCUT2D eigenvalue weighted by molar-refractivity contribution is 9.10. The zero-order chi connectivity index (χ0) is 12.7. The molecule has 0 atom stereocenters. The molecule has 1 rings (SSSR count). The zero-order valence-corrected chi connectivity index (χ0v) is 11.1. The molecule has 6 heteroatoms. The molecule has 0 bridgehead atoms. The second kappa shape index (κ2) is 7.47. The molecule has 1 aromatic carbocycles. The fourth-order valence-corrected chi connectivity index (χ4v) is 1.48. The normalized spacial score (nSPS) is 10.5. The van der Waals surface area contributed by atoms with Crippen molar-refractivity contribution in [1.82, 2.24) is 0 Å². The lowest BCUT2D eigenvalue weighted by molar-refractivity contribution is 0.0545. The molecule has 0 radical (unpaired) electrons. The van der Waals surface area contributed by atoms with Crippen molar-refractivity contribution in [3.05, 3.63) is 22.4 Å². The molecule has 0 fully saturated rings. The Bertz CT molecular complexity index is 363. The first-order valence-electron chi connectivity index (χ1n) is 5.09. The first-order valence-corrected chi connectivity index (χ1v) is 5.88. The molecule has 0 amide bonds. The van der Waals surface area contributed by atoms with Gasteiger partial charge < -0.3 is 19.9 Å². The standard InChI is InChI=1S/C11H15BrFNO3/c1-15-2-3-16-4-5-17-11-7-9(13)8(12)6-10(11)14/h6-7H,2-5,14H2,1H3. The van der Waals surface area contributed by atoms with E-state index in [0.29, 0.717) is 42.3 Å². The van der Waals surface area contributed by atoms with Crippen LogP contribution in [0.15, 0.2) is 16.6 Å². The summed E-state index contributed by atoms with van der Waals surface area (Å²) in [6.07, 6.45) is 0. The van der Waals surface area contributed by atoms with Crippen LogP contribution in [0.1, 0.15) is 0 Å². The highest BCUT2D eigenvalue weighted by Crippen LogP contribution is 2.28. The second-order valence-corrected chi connectivity index (χ2v) is 4.11. The first kappa shape index (κ1) is 14.2. The van der Waals surface area contributed by atoms with Gasteiger partial charge in [0.05, 0.1) is 30.0 Å². The quantitative estimate of drug-likeness (QED) is 0.620. The average Bonchev–Trinajstić information content (AvgIpc) is 2.30. The predicted molar refractivity (Wildman–Crippen MR) is 66.7 cm³/mol. The molecular weight excluding hydrogens is 293 g/mol. The van der Waals surface area contributed by atoms with Crippen molar-refractivity contribution in [2.24, 2.45) is 0 Å². The molecule has 0 spiro atoms. The van der Waals surface area contributed by atoms with Crippen molar-refractivity contribution in [2.45, 2.75) is 0 Å². The van der Waals surface area contributed by atoms with Crippen LogP contribution in [0.3, 0.4) is 0 Å². The van der Waals surface area contributed by atoms with Crippen LogP contribution in [0.25, 0.3) is 0 Å². The molecule has 0 aliphatic rings. The van der Waals surface area contributed by atoms with Gasteiger partial charge in [0.15, 0.2) is 0 Å². The summed E-state index contributed by atoms with van der Waals surface area (Å²) in [5.74, 6) is -0.0875. The minimum Gasteiger partial charge on any atom is -0.489 e.